The van der Waals surface area contributed by atoms with Gasteiger partial charge in [-0.1, -0.05) is 11.8 Å². The number of rotatable bonds is 6. The van der Waals surface area contributed by atoms with E-state index in [0.717, 1.165) is 25.0 Å². The predicted molar refractivity (Wildman–Crippen MR) is 87.1 cm³/mol. The third-order valence-corrected chi connectivity index (χ3v) is 4.72. The summed E-state index contributed by atoms with van der Waals surface area (Å²) in [4.78, 5) is 11.4. The Labute approximate surface area is 143 Å². The van der Waals surface area contributed by atoms with Crippen molar-refractivity contribution in [1.82, 2.24) is 14.8 Å². The maximum atomic E-state index is 13.2. The maximum Gasteiger partial charge on any atom is 0.316 e. The zero-order chi connectivity index (χ0) is 16.9. The zero-order valence-electron chi connectivity index (χ0n) is 13.3. The van der Waals surface area contributed by atoms with E-state index in [1.165, 1.54) is 31.0 Å². The highest BCUT2D eigenvalue weighted by molar-refractivity contribution is 7.99. The van der Waals surface area contributed by atoms with Gasteiger partial charge in [-0.3, -0.25) is 9.36 Å². The number of carbonyl (C=O) groups is 1. The predicted octanol–water partition coefficient (Wildman–Crippen LogP) is 2.53. The molecule has 1 saturated heterocycles. The lowest BCUT2D eigenvalue weighted by Gasteiger charge is -2.14. The number of nitrogens with zero attached hydrogens (tertiary/aromatic N) is 3. The molecule has 0 radical (unpaired) electrons. The summed E-state index contributed by atoms with van der Waals surface area (Å²) in [5, 5.41) is 9.03. The van der Waals surface area contributed by atoms with Gasteiger partial charge in [-0.25, -0.2) is 4.39 Å². The Morgan fingerprint density at radius 1 is 1.42 bits per heavy atom. The number of carbonyl (C=O) groups excluding carboxylic acids is 1. The van der Waals surface area contributed by atoms with Crippen LogP contribution in [-0.2, 0) is 20.8 Å². The van der Waals surface area contributed by atoms with Gasteiger partial charge in [-0.05, 0) is 37.1 Å². The molecule has 2 aromatic rings. The van der Waals surface area contributed by atoms with Gasteiger partial charge in [-0.15, -0.1) is 10.2 Å². The molecule has 2 heterocycles. The molecule has 128 valence electrons. The largest absolute Gasteiger partial charge is 0.468 e. The standard InChI is InChI=1S/C16H18FN3O3S/c1-22-14(21)10-24-16-19-18-15(11-4-6-12(17)7-5-11)20(16)9-13-3-2-8-23-13/h4-7,13H,2-3,8-10H2,1H3/t13-/m0/s1. The molecule has 6 nitrogen and oxygen atoms in total. The highest BCUT2D eigenvalue weighted by Gasteiger charge is 2.22. The molecule has 0 spiro atoms. The Morgan fingerprint density at radius 3 is 2.88 bits per heavy atom. The number of benzene rings is 1. The van der Waals surface area contributed by atoms with Gasteiger partial charge in [0.2, 0.25) is 0 Å². The fourth-order valence-corrected chi connectivity index (χ4v) is 3.33. The second-order valence-electron chi connectivity index (χ2n) is 5.42. The molecule has 0 saturated carbocycles. The minimum atomic E-state index is -0.324. The number of ether oxygens (including phenoxy) is 2. The van der Waals surface area contributed by atoms with E-state index in [0.29, 0.717) is 17.5 Å². The molecule has 3 rings (SSSR count). The number of halogens is 1. The molecular formula is C16H18FN3O3S. The van der Waals surface area contributed by atoms with Crippen LogP contribution in [0.25, 0.3) is 11.4 Å². The Kier molecular flexibility index (Phi) is 5.47. The van der Waals surface area contributed by atoms with Crippen LogP contribution in [-0.4, -0.2) is 46.3 Å². The van der Waals surface area contributed by atoms with E-state index in [2.05, 4.69) is 14.9 Å². The van der Waals surface area contributed by atoms with Crippen LogP contribution >= 0.6 is 11.8 Å². The number of aromatic nitrogens is 3. The molecule has 8 heteroatoms. The number of methoxy groups -OCH3 is 1. The van der Waals surface area contributed by atoms with E-state index >= 15 is 0 Å². The average molecular weight is 351 g/mol. The molecular weight excluding hydrogens is 333 g/mol. The van der Waals surface area contributed by atoms with Gasteiger partial charge in [0.25, 0.3) is 0 Å². The lowest BCUT2D eigenvalue weighted by Crippen LogP contribution is -2.17. The third-order valence-electron chi connectivity index (χ3n) is 3.78. The van der Waals surface area contributed by atoms with Crippen LogP contribution in [0.1, 0.15) is 12.8 Å². The first-order valence-electron chi connectivity index (χ1n) is 7.67. The minimum absolute atomic E-state index is 0.0951. The first-order chi connectivity index (χ1) is 11.7. The van der Waals surface area contributed by atoms with Crippen molar-refractivity contribution < 1.29 is 18.7 Å². The quantitative estimate of drug-likeness (QED) is 0.589. The fourth-order valence-electron chi connectivity index (χ4n) is 2.55. The molecule has 1 aromatic carbocycles. The van der Waals surface area contributed by atoms with Crippen molar-refractivity contribution in [2.75, 3.05) is 19.5 Å². The molecule has 0 unspecified atom stereocenters. The van der Waals surface area contributed by atoms with Gasteiger partial charge in [0.15, 0.2) is 11.0 Å². The topological polar surface area (TPSA) is 66.2 Å². The van der Waals surface area contributed by atoms with Crippen LogP contribution in [0.2, 0.25) is 0 Å². The van der Waals surface area contributed by atoms with Crippen LogP contribution in [0.3, 0.4) is 0 Å². The minimum Gasteiger partial charge on any atom is -0.468 e. The summed E-state index contributed by atoms with van der Waals surface area (Å²) in [6.45, 7) is 1.35. The lowest BCUT2D eigenvalue weighted by atomic mass is 10.2. The van der Waals surface area contributed by atoms with Gasteiger partial charge in [0, 0.05) is 12.2 Å². The molecule has 1 atom stereocenters. The third kappa shape index (κ3) is 3.93. The van der Waals surface area contributed by atoms with Crippen LogP contribution in [0.5, 0.6) is 0 Å². The molecule has 1 aliphatic heterocycles. The van der Waals surface area contributed by atoms with Crippen molar-refractivity contribution in [1.29, 1.82) is 0 Å². The molecule has 1 aliphatic rings. The van der Waals surface area contributed by atoms with E-state index in [1.54, 1.807) is 12.1 Å². The average Bonchev–Trinajstić information content (AvgIpc) is 3.24. The van der Waals surface area contributed by atoms with Crippen LogP contribution in [0.4, 0.5) is 4.39 Å². The Morgan fingerprint density at radius 2 is 2.21 bits per heavy atom. The highest BCUT2D eigenvalue weighted by Crippen LogP contribution is 2.26. The van der Waals surface area contributed by atoms with E-state index in [1.807, 2.05) is 4.57 Å². The first kappa shape index (κ1) is 16.9. The molecule has 0 amide bonds. The Hall–Kier alpha value is -1.93. The van der Waals surface area contributed by atoms with Gasteiger partial charge in [0.05, 0.1) is 25.5 Å². The molecule has 1 aromatic heterocycles. The lowest BCUT2D eigenvalue weighted by molar-refractivity contribution is -0.137. The number of thioether (sulfide) groups is 1. The number of hydrogen-bond donors (Lipinski definition) is 0. The molecule has 0 N–H and O–H groups in total. The smallest absolute Gasteiger partial charge is 0.316 e. The summed E-state index contributed by atoms with van der Waals surface area (Å²) in [5.41, 5.74) is 0.770. The zero-order valence-corrected chi connectivity index (χ0v) is 14.1. The summed E-state index contributed by atoms with van der Waals surface area (Å²) in [6.07, 6.45) is 2.10. The van der Waals surface area contributed by atoms with Crippen LogP contribution < -0.4 is 0 Å². The van der Waals surface area contributed by atoms with Crippen molar-refractivity contribution in [3.8, 4) is 11.4 Å². The molecule has 0 aliphatic carbocycles. The summed E-state index contributed by atoms with van der Waals surface area (Å²) in [5.74, 6) is 0.168. The fraction of sp³-hybridized carbons (Fsp3) is 0.438. The Balaban J connectivity index is 1.87. The van der Waals surface area contributed by atoms with E-state index in [4.69, 9.17) is 4.74 Å². The first-order valence-corrected chi connectivity index (χ1v) is 8.66. The SMILES string of the molecule is COC(=O)CSc1nnc(-c2ccc(F)cc2)n1C[C@@H]1CCCO1. The number of hydrogen-bond acceptors (Lipinski definition) is 6. The van der Waals surface area contributed by atoms with Gasteiger partial charge in [0.1, 0.15) is 5.82 Å². The van der Waals surface area contributed by atoms with Crippen molar-refractivity contribution in [3.05, 3.63) is 30.1 Å². The van der Waals surface area contributed by atoms with Crippen LogP contribution in [0.15, 0.2) is 29.4 Å². The summed E-state index contributed by atoms with van der Waals surface area (Å²) in [6, 6.07) is 6.11. The summed E-state index contributed by atoms with van der Waals surface area (Å²) < 4.78 is 25.5. The van der Waals surface area contributed by atoms with Gasteiger partial charge >= 0.3 is 5.97 Å². The van der Waals surface area contributed by atoms with Crippen molar-refractivity contribution in [2.45, 2.75) is 30.6 Å². The monoisotopic (exact) mass is 351 g/mol. The second-order valence-corrected chi connectivity index (χ2v) is 6.37. The summed E-state index contributed by atoms with van der Waals surface area (Å²) >= 11 is 1.27. The Bertz CT molecular complexity index is 699. The highest BCUT2D eigenvalue weighted by atomic mass is 32.2. The van der Waals surface area contributed by atoms with Crippen molar-refractivity contribution in [2.24, 2.45) is 0 Å². The maximum absolute atomic E-state index is 13.2. The van der Waals surface area contributed by atoms with E-state index in [-0.39, 0.29) is 23.6 Å². The van der Waals surface area contributed by atoms with Crippen molar-refractivity contribution in [3.63, 3.8) is 0 Å². The molecule has 24 heavy (non-hydrogen) atoms. The van der Waals surface area contributed by atoms with Gasteiger partial charge in [-0.2, -0.15) is 0 Å². The van der Waals surface area contributed by atoms with E-state index in [9.17, 15) is 9.18 Å². The van der Waals surface area contributed by atoms with Crippen molar-refractivity contribution >= 4 is 17.7 Å². The van der Waals surface area contributed by atoms with Gasteiger partial charge < -0.3 is 9.47 Å². The second kappa shape index (κ2) is 7.76. The number of esters is 1. The summed E-state index contributed by atoms with van der Waals surface area (Å²) in [7, 11) is 1.35. The normalized spacial score (nSPS) is 17.2. The van der Waals surface area contributed by atoms with E-state index < -0.39 is 0 Å². The van der Waals surface area contributed by atoms with Crippen LogP contribution in [0, 0.1) is 5.82 Å². The molecule has 0 bridgehead atoms. The molecule has 1 fully saturated rings.